The Morgan fingerprint density at radius 3 is 1.72 bits per heavy atom. The van der Waals surface area contributed by atoms with E-state index in [1.807, 2.05) is 78.9 Å². The van der Waals surface area contributed by atoms with Crippen molar-refractivity contribution in [3.8, 4) is 0 Å². The van der Waals surface area contributed by atoms with Crippen molar-refractivity contribution >= 4 is 46.1 Å². The molecule has 8 nitrogen and oxygen atoms in total. The summed E-state index contributed by atoms with van der Waals surface area (Å²) in [7, 11) is 0. The van der Waals surface area contributed by atoms with E-state index in [9.17, 15) is 19.2 Å². The fourth-order valence-corrected chi connectivity index (χ4v) is 6.34. The zero-order valence-electron chi connectivity index (χ0n) is 25.0. The van der Waals surface area contributed by atoms with Crippen molar-refractivity contribution in [2.45, 2.75) is 25.3 Å². The summed E-state index contributed by atoms with van der Waals surface area (Å²) < 4.78 is 0. The number of allylic oxidation sites excluding steroid dienone is 5. The minimum atomic E-state index is -0.674. The van der Waals surface area contributed by atoms with E-state index in [1.165, 1.54) is 12.1 Å². The molecule has 4 aliphatic rings. The Morgan fingerprint density at radius 1 is 0.630 bits per heavy atom. The number of carbonyl (C=O) groups is 4. The van der Waals surface area contributed by atoms with Crippen LogP contribution in [0.25, 0.3) is 11.1 Å². The molecule has 0 saturated heterocycles. The van der Waals surface area contributed by atoms with E-state index in [4.69, 9.17) is 0 Å². The number of nitrogens with zero attached hydrogens (tertiary/aromatic N) is 4. The quantitative estimate of drug-likeness (QED) is 0.228. The third kappa shape index (κ3) is 4.54. The number of amides is 4. The maximum absolute atomic E-state index is 14.3. The lowest BCUT2D eigenvalue weighted by Gasteiger charge is -2.44. The summed E-state index contributed by atoms with van der Waals surface area (Å²) in [5.74, 6) is -2.48. The summed E-state index contributed by atoms with van der Waals surface area (Å²) in [5.41, 5.74) is 2.53. The van der Waals surface area contributed by atoms with Gasteiger partial charge in [-0.15, -0.1) is 0 Å². The molecule has 226 valence electrons. The molecular formula is C38H30N4O4. The van der Waals surface area contributed by atoms with Crippen LogP contribution in [0, 0.1) is 0 Å². The first-order chi connectivity index (χ1) is 22.4. The second-order valence-corrected chi connectivity index (χ2v) is 11.3. The number of imide groups is 2. The number of fused-ring (bicyclic) bond motifs is 3. The van der Waals surface area contributed by atoms with Gasteiger partial charge in [-0.25, -0.2) is 5.01 Å². The smallest absolute Gasteiger partial charge is 0.268 e. The van der Waals surface area contributed by atoms with Crippen LogP contribution in [0.5, 0.6) is 0 Å². The third-order valence-electron chi connectivity index (χ3n) is 8.48. The third-order valence-corrected chi connectivity index (χ3v) is 8.48. The summed E-state index contributed by atoms with van der Waals surface area (Å²) >= 11 is 0. The van der Waals surface area contributed by atoms with E-state index in [0.29, 0.717) is 17.8 Å². The first-order valence-corrected chi connectivity index (χ1v) is 15.1. The molecule has 46 heavy (non-hydrogen) atoms. The number of para-hydroxylation sites is 2. The summed E-state index contributed by atoms with van der Waals surface area (Å²) in [6.45, 7) is 8.20. The molecule has 8 heteroatoms. The van der Waals surface area contributed by atoms with Crippen molar-refractivity contribution in [1.29, 1.82) is 0 Å². The van der Waals surface area contributed by atoms with Crippen molar-refractivity contribution in [3.63, 3.8) is 0 Å². The number of hydrogen-bond acceptors (Lipinski definition) is 6. The van der Waals surface area contributed by atoms with Crippen molar-refractivity contribution in [3.05, 3.63) is 156 Å². The Kier molecular flexibility index (Phi) is 7.17. The molecule has 0 N–H and O–H groups in total. The zero-order valence-corrected chi connectivity index (χ0v) is 25.0. The molecule has 1 unspecified atom stereocenters. The second-order valence-electron chi connectivity index (χ2n) is 11.3. The van der Waals surface area contributed by atoms with E-state index in [-0.39, 0.29) is 39.4 Å². The molecule has 0 aromatic heterocycles. The van der Waals surface area contributed by atoms with Crippen molar-refractivity contribution in [1.82, 2.24) is 15.0 Å². The highest BCUT2D eigenvalue weighted by Gasteiger charge is 2.46. The minimum absolute atomic E-state index is 0.00495. The molecule has 3 aromatic carbocycles. The number of anilines is 2. The molecule has 0 saturated carbocycles. The summed E-state index contributed by atoms with van der Waals surface area (Å²) in [6, 6.07) is 20.9. The maximum Gasteiger partial charge on any atom is 0.280 e. The van der Waals surface area contributed by atoms with Crippen LogP contribution in [0.4, 0.5) is 11.4 Å². The number of hydrogen-bond donors (Lipinski definition) is 0. The minimum Gasteiger partial charge on any atom is -0.268 e. The van der Waals surface area contributed by atoms with Crippen LogP contribution in [0.15, 0.2) is 134 Å². The molecule has 2 heterocycles. The number of benzene rings is 3. The molecule has 4 amide bonds. The number of rotatable bonds is 6. The molecule has 7 rings (SSSR count). The van der Waals surface area contributed by atoms with Crippen molar-refractivity contribution in [2.75, 3.05) is 5.01 Å². The SMILES string of the molecule is C=C1C(=O)N(N(c2ccccc2)c2ccccc2)C(=O)c2ccc3c(c21)C(=C)C(=O)N(N(C1=CCCC=C1)C1C=CC=CC1)C3=O. The van der Waals surface area contributed by atoms with Gasteiger partial charge in [-0.2, -0.15) is 10.0 Å². The Bertz CT molecular complexity index is 1920. The first kappa shape index (κ1) is 28.7. The monoisotopic (exact) mass is 606 g/mol. The van der Waals surface area contributed by atoms with Gasteiger partial charge in [-0.3, -0.25) is 24.2 Å². The molecule has 2 aliphatic heterocycles. The molecule has 0 spiro atoms. The van der Waals surface area contributed by atoms with Gasteiger partial charge < -0.3 is 0 Å². The van der Waals surface area contributed by atoms with E-state index in [1.54, 1.807) is 34.3 Å². The van der Waals surface area contributed by atoms with E-state index in [2.05, 4.69) is 13.2 Å². The molecule has 0 fully saturated rings. The second kappa shape index (κ2) is 11.5. The van der Waals surface area contributed by atoms with E-state index in [0.717, 1.165) is 28.6 Å². The van der Waals surface area contributed by atoms with Gasteiger partial charge in [-0.05, 0) is 61.7 Å². The largest absolute Gasteiger partial charge is 0.280 e. The van der Waals surface area contributed by atoms with Crippen LogP contribution in [0.2, 0.25) is 0 Å². The normalized spacial score (nSPS) is 18.9. The Balaban J connectivity index is 1.34. The molecule has 0 bridgehead atoms. The molecule has 2 aliphatic carbocycles. The highest BCUT2D eigenvalue weighted by molar-refractivity contribution is 6.37. The summed E-state index contributed by atoms with van der Waals surface area (Å²) in [5, 5.41) is 5.45. The molecule has 1 atom stereocenters. The fraction of sp³-hybridized carbons (Fsp3) is 0.105. The average molecular weight is 607 g/mol. The van der Waals surface area contributed by atoms with E-state index >= 15 is 0 Å². The van der Waals surface area contributed by atoms with Crippen LogP contribution >= 0.6 is 0 Å². The highest BCUT2D eigenvalue weighted by Crippen LogP contribution is 2.42. The zero-order chi connectivity index (χ0) is 31.9. The lowest BCUT2D eigenvalue weighted by Crippen LogP contribution is -2.56. The highest BCUT2D eigenvalue weighted by atomic mass is 16.2. The first-order valence-electron chi connectivity index (χ1n) is 15.1. The van der Waals surface area contributed by atoms with Gasteiger partial charge >= 0.3 is 0 Å². The van der Waals surface area contributed by atoms with Crippen LogP contribution in [-0.4, -0.2) is 44.7 Å². The van der Waals surface area contributed by atoms with Crippen LogP contribution < -0.4 is 5.01 Å². The van der Waals surface area contributed by atoms with Crippen LogP contribution in [0.3, 0.4) is 0 Å². The molecule has 0 radical (unpaired) electrons. The Hall–Kier alpha value is -6.02. The predicted octanol–water partition coefficient (Wildman–Crippen LogP) is 6.77. The van der Waals surface area contributed by atoms with Gasteiger partial charge in [0, 0.05) is 22.3 Å². The Morgan fingerprint density at radius 2 is 1.20 bits per heavy atom. The number of hydrazine groups is 2. The average Bonchev–Trinajstić information content (AvgIpc) is 3.11. The standard InChI is InChI=1S/C38H30N4O4/c1-25-33-31(37(45)41(35(25)43)39(27-15-7-3-8-16-27)28-17-9-4-10-18-28)23-24-32-34(33)26(2)36(44)42(38(32)46)40(29-19-11-5-12-20-29)30-21-13-6-14-22-30/h3-5,7-13,15-19,21-24,29H,1-2,6,14,20H2. The van der Waals surface area contributed by atoms with Gasteiger partial charge in [-0.1, -0.05) is 86.0 Å². The summed E-state index contributed by atoms with van der Waals surface area (Å²) in [4.78, 5) is 56.9. The van der Waals surface area contributed by atoms with Crippen molar-refractivity contribution in [2.24, 2.45) is 0 Å². The van der Waals surface area contributed by atoms with Gasteiger partial charge in [0.2, 0.25) is 0 Å². The molecular weight excluding hydrogens is 576 g/mol. The summed E-state index contributed by atoms with van der Waals surface area (Å²) in [6.07, 6.45) is 16.0. The van der Waals surface area contributed by atoms with Gasteiger partial charge in [0.15, 0.2) is 0 Å². The van der Waals surface area contributed by atoms with Gasteiger partial charge in [0.05, 0.1) is 34.2 Å². The fourth-order valence-electron chi connectivity index (χ4n) is 6.34. The van der Waals surface area contributed by atoms with Crippen molar-refractivity contribution < 1.29 is 19.2 Å². The van der Waals surface area contributed by atoms with Gasteiger partial charge in [0.1, 0.15) is 0 Å². The topological polar surface area (TPSA) is 81.2 Å². The molecule has 3 aromatic rings. The Labute approximate surface area is 266 Å². The van der Waals surface area contributed by atoms with Crippen LogP contribution in [-0.2, 0) is 9.59 Å². The predicted molar refractivity (Wildman–Crippen MR) is 177 cm³/mol. The van der Waals surface area contributed by atoms with Gasteiger partial charge in [0.25, 0.3) is 23.6 Å². The lowest BCUT2D eigenvalue weighted by atomic mass is 9.82. The van der Waals surface area contributed by atoms with Crippen LogP contribution in [0.1, 0.15) is 51.1 Å². The lowest BCUT2D eigenvalue weighted by molar-refractivity contribution is -0.135. The maximum atomic E-state index is 14.3. The van der Waals surface area contributed by atoms with E-state index < -0.39 is 23.6 Å². The number of carbonyl (C=O) groups excluding carboxylic acids is 4.